The van der Waals surface area contributed by atoms with E-state index in [9.17, 15) is 4.79 Å². The number of hydrogen-bond donors (Lipinski definition) is 1. The summed E-state index contributed by atoms with van der Waals surface area (Å²) in [6.45, 7) is 3.26. The maximum absolute atomic E-state index is 12.1. The summed E-state index contributed by atoms with van der Waals surface area (Å²) in [5.41, 5.74) is 0. The number of likely N-dealkylation sites (N-methyl/N-ethyl adjacent to an activating group) is 2. The van der Waals surface area contributed by atoms with Gasteiger partial charge in [-0.05, 0) is 24.9 Å². The van der Waals surface area contributed by atoms with Crippen LogP contribution < -0.4 is 5.32 Å². The van der Waals surface area contributed by atoms with Crippen LogP contribution in [-0.2, 0) is 11.3 Å². The second-order valence-electron chi connectivity index (χ2n) is 4.84. The van der Waals surface area contributed by atoms with Crippen molar-refractivity contribution in [1.29, 1.82) is 0 Å². The second-order valence-corrected chi connectivity index (χ2v) is 5.87. The van der Waals surface area contributed by atoms with Crippen molar-refractivity contribution in [3.8, 4) is 0 Å². The van der Waals surface area contributed by atoms with Gasteiger partial charge in [0.05, 0.1) is 13.1 Å². The minimum Gasteiger partial charge on any atom is -0.340 e. The molecule has 1 aromatic rings. The van der Waals surface area contributed by atoms with Crippen LogP contribution in [0.2, 0.25) is 0 Å². The van der Waals surface area contributed by atoms with Gasteiger partial charge in [-0.2, -0.15) is 0 Å². The third-order valence-electron chi connectivity index (χ3n) is 3.44. The molecule has 0 spiro atoms. The summed E-state index contributed by atoms with van der Waals surface area (Å²) < 4.78 is 0. The predicted octanol–water partition coefficient (Wildman–Crippen LogP) is 1.00. The Bertz CT molecular complexity index is 380. The van der Waals surface area contributed by atoms with Crippen LogP contribution in [0, 0.1) is 0 Å². The molecule has 4 nitrogen and oxygen atoms in total. The van der Waals surface area contributed by atoms with Gasteiger partial charge in [0.1, 0.15) is 0 Å². The van der Waals surface area contributed by atoms with Crippen molar-refractivity contribution in [3.63, 3.8) is 0 Å². The van der Waals surface area contributed by atoms with Crippen LogP contribution in [0.3, 0.4) is 0 Å². The first-order valence-electron chi connectivity index (χ1n) is 6.35. The highest BCUT2D eigenvalue weighted by Crippen LogP contribution is 2.12. The second kappa shape index (κ2) is 6.31. The zero-order valence-electron chi connectivity index (χ0n) is 11.1. The van der Waals surface area contributed by atoms with Gasteiger partial charge < -0.3 is 10.2 Å². The lowest BCUT2D eigenvalue weighted by atomic mass is 10.3. The number of hydrogen-bond acceptors (Lipinski definition) is 4. The van der Waals surface area contributed by atoms with Gasteiger partial charge in [-0.25, -0.2) is 0 Å². The summed E-state index contributed by atoms with van der Waals surface area (Å²) in [7, 11) is 3.87. The van der Waals surface area contributed by atoms with Gasteiger partial charge in [0.15, 0.2) is 0 Å². The molecule has 1 aliphatic rings. The van der Waals surface area contributed by atoms with E-state index in [0.717, 1.165) is 26.1 Å². The lowest BCUT2D eigenvalue weighted by Crippen LogP contribution is -2.38. The molecule has 1 unspecified atom stereocenters. The lowest BCUT2D eigenvalue weighted by molar-refractivity contribution is -0.131. The summed E-state index contributed by atoms with van der Waals surface area (Å²) in [6.07, 6.45) is 1.14. The van der Waals surface area contributed by atoms with E-state index in [-0.39, 0.29) is 5.91 Å². The molecule has 1 saturated heterocycles. The zero-order valence-corrected chi connectivity index (χ0v) is 11.9. The highest BCUT2D eigenvalue weighted by atomic mass is 32.1. The average Bonchev–Trinajstić information content (AvgIpc) is 3.00. The summed E-state index contributed by atoms with van der Waals surface area (Å²) in [5.74, 6) is 0.208. The normalized spacial score (nSPS) is 20.2. The summed E-state index contributed by atoms with van der Waals surface area (Å²) >= 11 is 1.70. The number of nitrogens with zero attached hydrogens (tertiary/aromatic N) is 2. The molecular formula is C13H21N3OS. The minimum atomic E-state index is 0.208. The highest BCUT2D eigenvalue weighted by molar-refractivity contribution is 7.09. The Morgan fingerprint density at radius 1 is 1.67 bits per heavy atom. The maximum Gasteiger partial charge on any atom is 0.236 e. The van der Waals surface area contributed by atoms with Crippen LogP contribution in [0.5, 0.6) is 0 Å². The van der Waals surface area contributed by atoms with Gasteiger partial charge in [0, 0.05) is 31.1 Å². The molecule has 1 amide bonds. The van der Waals surface area contributed by atoms with Gasteiger partial charge >= 0.3 is 0 Å². The maximum atomic E-state index is 12.1. The van der Waals surface area contributed by atoms with Crippen LogP contribution >= 0.6 is 11.3 Å². The average molecular weight is 267 g/mol. The molecule has 2 rings (SSSR count). The smallest absolute Gasteiger partial charge is 0.236 e. The summed E-state index contributed by atoms with van der Waals surface area (Å²) in [6, 6.07) is 4.64. The Morgan fingerprint density at radius 2 is 2.50 bits per heavy atom. The molecule has 1 atom stereocenters. The van der Waals surface area contributed by atoms with E-state index in [0.29, 0.717) is 12.6 Å². The number of thiophene rings is 1. The minimum absolute atomic E-state index is 0.208. The molecule has 100 valence electrons. The van der Waals surface area contributed by atoms with E-state index in [1.807, 2.05) is 30.4 Å². The molecule has 5 heteroatoms. The van der Waals surface area contributed by atoms with Gasteiger partial charge in [0.2, 0.25) is 5.91 Å². The van der Waals surface area contributed by atoms with Crippen molar-refractivity contribution in [2.24, 2.45) is 0 Å². The Labute approximate surface area is 113 Å². The molecule has 1 aliphatic heterocycles. The Hall–Kier alpha value is -0.910. The van der Waals surface area contributed by atoms with E-state index < -0.39 is 0 Å². The van der Waals surface area contributed by atoms with Crippen molar-refractivity contribution >= 4 is 17.2 Å². The molecule has 1 aromatic heterocycles. The molecule has 0 aromatic carbocycles. The zero-order chi connectivity index (χ0) is 13.0. The molecule has 1 N–H and O–H groups in total. The largest absolute Gasteiger partial charge is 0.340 e. The first kappa shape index (κ1) is 13.5. The Balaban J connectivity index is 1.77. The van der Waals surface area contributed by atoms with Crippen LogP contribution in [0.1, 0.15) is 11.3 Å². The predicted molar refractivity (Wildman–Crippen MR) is 74.7 cm³/mol. The van der Waals surface area contributed by atoms with Gasteiger partial charge in [-0.15, -0.1) is 11.3 Å². The quantitative estimate of drug-likeness (QED) is 0.864. The van der Waals surface area contributed by atoms with E-state index in [1.165, 1.54) is 4.88 Å². The van der Waals surface area contributed by atoms with Crippen LogP contribution in [-0.4, -0.2) is 55.5 Å². The molecule has 0 saturated carbocycles. The molecule has 0 aliphatic carbocycles. The van der Waals surface area contributed by atoms with Crippen LogP contribution in [0.15, 0.2) is 17.5 Å². The number of carbonyl (C=O) groups excluding carboxylic acids is 1. The fraction of sp³-hybridized carbons (Fsp3) is 0.615. The Morgan fingerprint density at radius 3 is 3.11 bits per heavy atom. The number of nitrogens with one attached hydrogen (secondary N) is 1. The van der Waals surface area contributed by atoms with Crippen molar-refractivity contribution in [2.45, 2.75) is 19.0 Å². The first-order chi connectivity index (χ1) is 8.69. The van der Waals surface area contributed by atoms with E-state index in [4.69, 9.17) is 0 Å². The number of amides is 1. The van der Waals surface area contributed by atoms with Crippen molar-refractivity contribution in [3.05, 3.63) is 22.4 Å². The topological polar surface area (TPSA) is 35.6 Å². The van der Waals surface area contributed by atoms with E-state index in [1.54, 1.807) is 11.3 Å². The fourth-order valence-corrected chi connectivity index (χ4v) is 3.01. The monoisotopic (exact) mass is 267 g/mol. The Kier molecular flexibility index (Phi) is 4.74. The van der Waals surface area contributed by atoms with Crippen LogP contribution in [0.4, 0.5) is 0 Å². The third-order valence-corrected chi connectivity index (χ3v) is 4.30. The van der Waals surface area contributed by atoms with Gasteiger partial charge in [-0.1, -0.05) is 6.07 Å². The molecule has 0 radical (unpaired) electrons. The van der Waals surface area contributed by atoms with Gasteiger partial charge in [0.25, 0.3) is 0 Å². The van der Waals surface area contributed by atoms with Gasteiger partial charge in [-0.3, -0.25) is 9.69 Å². The number of carbonyl (C=O) groups is 1. The van der Waals surface area contributed by atoms with Crippen molar-refractivity contribution in [1.82, 2.24) is 15.1 Å². The van der Waals surface area contributed by atoms with Crippen LogP contribution in [0.25, 0.3) is 0 Å². The van der Waals surface area contributed by atoms with Crippen molar-refractivity contribution in [2.75, 3.05) is 33.7 Å². The standard InChI is InChI=1S/C13H21N3OS/c1-14-11-5-6-16(8-11)10-13(17)15(2)9-12-4-3-7-18-12/h3-4,7,11,14H,5-6,8-10H2,1-2H3. The molecule has 1 fully saturated rings. The molecule has 18 heavy (non-hydrogen) atoms. The van der Waals surface area contributed by atoms with E-state index >= 15 is 0 Å². The lowest BCUT2D eigenvalue weighted by Gasteiger charge is -2.21. The number of rotatable bonds is 5. The highest BCUT2D eigenvalue weighted by Gasteiger charge is 2.23. The first-order valence-corrected chi connectivity index (χ1v) is 7.23. The molecule has 0 bridgehead atoms. The fourth-order valence-electron chi connectivity index (χ4n) is 2.25. The summed E-state index contributed by atoms with van der Waals surface area (Å²) in [4.78, 5) is 17.4. The summed E-state index contributed by atoms with van der Waals surface area (Å²) in [5, 5.41) is 5.32. The third kappa shape index (κ3) is 3.54. The van der Waals surface area contributed by atoms with E-state index in [2.05, 4.69) is 16.3 Å². The molecule has 2 heterocycles. The van der Waals surface area contributed by atoms with Crippen molar-refractivity contribution < 1.29 is 4.79 Å². The SMILES string of the molecule is CNC1CCN(CC(=O)N(C)Cc2cccs2)C1. The molecular weight excluding hydrogens is 246 g/mol. The number of likely N-dealkylation sites (tertiary alicyclic amines) is 1.